The summed E-state index contributed by atoms with van der Waals surface area (Å²) in [5.41, 5.74) is 0.637. The number of benzene rings is 3. The van der Waals surface area contributed by atoms with E-state index < -0.39 is 17.6 Å². The molecule has 0 radical (unpaired) electrons. The molecule has 0 aliphatic heterocycles. The quantitative estimate of drug-likeness (QED) is 0.205. The van der Waals surface area contributed by atoms with Crippen LogP contribution in [0.4, 0.5) is 18.9 Å². The summed E-state index contributed by atoms with van der Waals surface area (Å²) in [4.78, 5) is 25.4. The third-order valence-electron chi connectivity index (χ3n) is 5.84. The molecule has 14 heteroatoms. The third-order valence-corrected chi connectivity index (χ3v) is 7.51. The minimum atomic E-state index is -4.59. The molecule has 0 aliphatic rings. The van der Waals surface area contributed by atoms with Crippen LogP contribution in [0.2, 0.25) is 10.0 Å². The van der Waals surface area contributed by atoms with Crippen LogP contribution in [0.3, 0.4) is 0 Å². The first kappa shape index (κ1) is 30.2. The fourth-order valence-corrected chi connectivity index (χ4v) is 4.80. The van der Waals surface area contributed by atoms with Gasteiger partial charge in [0, 0.05) is 10.6 Å². The molecule has 8 nitrogen and oxygen atoms in total. The SMILES string of the molecule is COc1ccc(C(=O)NCc2nnc(SCC(=O)Nc3cc(C(F)(F)F)ccc3Cl)n2-c2cccc(Cl)c2C)cc1. The number of methoxy groups -OCH3 is 1. The molecule has 2 N–H and O–H groups in total. The Labute approximate surface area is 247 Å². The molecule has 0 saturated carbocycles. The number of ether oxygens (including phenoxy) is 1. The summed E-state index contributed by atoms with van der Waals surface area (Å²) in [6.07, 6.45) is -4.59. The average Bonchev–Trinajstić information content (AvgIpc) is 3.35. The van der Waals surface area contributed by atoms with Crippen molar-refractivity contribution in [3.05, 3.63) is 93.2 Å². The first-order valence-corrected chi connectivity index (χ1v) is 13.6. The van der Waals surface area contributed by atoms with Gasteiger partial charge < -0.3 is 15.4 Å². The molecule has 41 heavy (non-hydrogen) atoms. The molecule has 4 rings (SSSR count). The normalized spacial score (nSPS) is 11.3. The van der Waals surface area contributed by atoms with Gasteiger partial charge in [-0.3, -0.25) is 14.2 Å². The van der Waals surface area contributed by atoms with E-state index in [0.717, 1.165) is 30.0 Å². The Kier molecular flexibility index (Phi) is 9.46. The molecule has 1 heterocycles. The van der Waals surface area contributed by atoms with Gasteiger partial charge in [-0.1, -0.05) is 41.0 Å². The summed E-state index contributed by atoms with van der Waals surface area (Å²) in [7, 11) is 1.53. The Morgan fingerprint density at radius 1 is 1.02 bits per heavy atom. The predicted octanol–water partition coefficient (Wildman–Crippen LogP) is 6.57. The van der Waals surface area contributed by atoms with Gasteiger partial charge in [0.1, 0.15) is 5.75 Å². The predicted molar refractivity (Wildman–Crippen MR) is 151 cm³/mol. The van der Waals surface area contributed by atoms with E-state index in [4.69, 9.17) is 27.9 Å². The van der Waals surface area contributed by atoms with E-state index in [0.29, 0.717) is 38.6 Å². The van der Waals surface area contributed by atoms with Gasteiger partial charge in [0.05, 0.1) is 41.4 Å². The summed E-state index contributed by atoms with van der Waals surface area (Å²) in [5.74, 6) is -0.206. The van der Waals surface area contributed by atoms with E-state index in [2.05, 4.69) is 20.8 Å². The highest BCUT2D eigenvalue weighted by Crippen LogP contribution is 2.34. The zero-order chi connectivity index (χ0) is 29.7. The van der Waals surface area contributed by atoms with Crippen LogP contribution in [0, 0.1) is 6.92 Å². The standard InChI is InChI=1S/C27H22Cl2F3N5O3S/c1-15-19(28)4-3-5-22(15)37-23(13-33-25(39)16-6-9-18(40-2)10-7-16)35-36-26(37)41-14-24(38)34-21-12-17(27(30,31)32)8-11-20(21)29/h3-12H,13-14H2,1-2H3,(H,33,39)(H,34,38). The first-order valence-electron chi connectivity index (χ1n) is 11.9. The Hall–Kier alpha value is -3.74. The molecular formula is C27H22Cl2F3N5O3S. The average molecular weight is 624 g/mol. The minimum Gasteiger partial charge on any atom is -0.497 e. The smallest absolute Gasteiger partial charge is 0.416 e. The van der Waals surface area contributed by atoms with Gasteiger partial charge in [0.2, 0.25) is 5.91 Å². The van der Waals surface area contributed by atoms with Gasteiger partial charge in [-0.15, -0.1) is 10.2 Å². The van der Waals surface area contributed by atoms with Crippen LogP contribution in [0.25, 0.3) is 5.69 Å². The Morgan fingerprint density at radius 3 is 2.44 bits per heavy atom. The number of rotatable bonds is 9. The molecule has 214 valence electrons. The number of nitrogens with zero attached hydrogens (tertiary/aromatic N) is 3. The third kappa shape index (κ3) is 7.32. The summed E-state index contributed by atoms with van der Waals surface area (Å²) in [5, 5.41) is 14.4. The summed E-state index contributed by atoms with van der Waals surface area (Å²) in [6, 6.07) is 14.5. The Bertz CT molecular complexity index is 1580. The van der Waals surface area contributed by atoms with Crippen LogP contribution in [0.15, 0.2) is 65.8 Å². The molecule has 1 aromatic heterocycles. The molecule has 0 saturated heterocycles. The molecule has 3 aromatic carbocycles. The number of carbonyl (C=O) groups is 2. The molecular weight excluding hydrogens is 602 g/mol. The van der Waals surface area contributed by atoms with Gasteiger partial charge in [-0.05, 0) is 67.1 Å². The molecule has 4 aromatic rings. The van der Waals surface area contributed by atoms with Gasteiger partial charge in [0.15, 0.2) is 11.0 Å². The van der Waals surface area contributed by atoms with Crippen molar-refractivity contribution in [1.29, 1.82) is 0 Å². The highest BCUT2D eigenvalue weighted by Gasteiger charge is 2.31. The Morgan fingerprint density at radius 2 is 1.76 bits per heavy atom. The van der Waals surface area contributed by atoms with Gasteiger partial charge in [-0.25, -0.2) is 0 Å². The topological polar surface area (TPSA) is 98.1 Å². The second kappa shape index (κ2) is 12.8. The number of hydrogen-bond acceptors (Lipinski definition) is 6. The van der Waals surface area contributed by atoms with E-state index in [9.17, 15) is 22.8 Å². The number of carbonyl (C=O) groups excluding carboxylic acids is 2. The van der Waals surface area contributed by atoms with E-state index in [1.165, 1.54) is 7.11 Å². The van der Waals surface area contributed by atoms with Crippen molar-refractivity contribution in [3.8, 4) is 11.4 Å². The lowest BCUT2D eigenvalue weighted by molar-refractivity contribution is -0.137. The van der Waals surface area contributed by atoms with Crippen molar-refractivity contribution in [2.75, 3.05) is 18.2 Å². The lowest BCUT2D eigenvalue weighted by Crippen LogP contribution is -2.24. The van der Waals surface area contributed by atoms with E-state index in [1.807, 2.05) is 0 Å². The number of anilines is 1. The number of thioether (sulfide) groups is 1. The molecule has 0 spiro atoms. The summed E-state index contributed by atoms with van der Waals surface area (Å²) < 4.78 is 46.1. The van der Waals surface area contributed by atoms with Crippen molar-refractivity contribution < 1.29 is 27.5 Å². The van der Waals surface area contributed by atoms with Crippen molar-refractivity contribution in [2.45, 2.75) is 24.8 Å². The van der Waals surface area contributed by atoms with Gasteiger partial charge in [-0.2, -0.15) is 13.2 Å². The van der Waals surface area contributed by atoms with Crippen LogP contribution >= 0.6 is 35.0 Å². The number of halogens is 5. The van der Waals surface area contributed by atoms with E-state index in [-0.39, 0.29) is 28.9 Å². The molecule has 0 aliphatic carbocycles. The second-order valence-electron chi connectivity index (χ2n) is 8.56. The zero-order valence-electron chi connectivity index (χ0n) is 21.6. The van der Waals surface area contributed by atoms with E-state index >= 15 is 0 Å². The number of nitrogens with one attached hydrogen (secondary N) is 2. The van der Waals surface area contributed by atoms with Crippen molar-refractivity contribution in [1.82, 2.24) is 20.1 Å². The highest BCUT2D eigenvalue weighted by molar-refractivity contribution is 7.99. The fourth-order valence-electron chi connectivity index (χ4n) is 3.71. The number of amides is 2. The van der Waals surface area contributed by atoms with Crippen LogP contribution < -0.4 is 15.4 Å². The van der Waals surface area contributed by atoms with Crippen LogP contribution in [-0.4, -0.2) is 39.4 Å². The number of hydrogen-bond donors (Lipinski definition) is 2. The van der Waals surface area contributed by atoms with Gasteiger partial charge in [0.25, 0.3) is 5.91 Å². The number of aromatic nitrogens is 3. The minimum absolute atomic E-state index is 0.00356. The maximum atomic E-state index is 13.1. The molecule has 2 amide bonds. The van der Waals surface area contributed by atoms with E-state index in [1.54, 1.807) is 54.0 Å². The summed E-state index contributed by atoms with van der Waals surface area (Å²) in [6.45, 7) is 1.80. The lowest BCUT2D eigenvalue weighted by Gasteiger charge is -2.14. The monoisotopic (exact) mass is 623 g/mol. The lowest BCUT2D eigenvalue weighted by atomic mass is 10.2. The second-order valence-corrected chi connectivity index (χ2v) is 10.3. The van der Waals surface area contributed by atoms with Crippen LogP contribution in [0.1, 0.15) is 27.3 Å². The Balaban J connectivity index is 1.54. The van der Waals surface area contributed by atoms with Crippen LogP contribution in [-0.2, 0) is 17.5 Å². The fraction of sp³-hybridized carbons (Fsp3) is 0.185. The molecule has 0 bridgehead atoms. The van der Waals surface area contributed by atoms with Crippen LogP contribution in [0.5, 0.6) is 5.75 Å². The van der Waals surface area contributed by atoms with Crippen molar-refractivity contribution in [2.24, 2.45) is 0 Å². The van der Waals surface area contributed by atoms with Crippen molar-refractivity contribution >= 4 is 52.5 Å². The highest BCUT2D eigenvalue weighted by atomic mass is 35.5. The van der Waals surface area contributed by atoms with Crippen molar-refractivity contribution in [3.63, 3.8) is 0 Å². The summed E-state index contributed by atoms with van der Waals surface area (Å²) >= 11 is 13.3. The maximum Gasteiger partial charge on any atom is 0.416 e. The first-order chi connectivity index (χ1) is 19.5. The molecule has 0 unspecified atom stereocenters. The largest absolute Gasteiger partial charge is 0.497 e. The number of alkyl halides is 3. The molecule has 0 atom stereocenters. The molecule has 0 fully saturated rings. The van der Waals surface area contributed by atoms with Gasteiger partial charge >= 0.3 is 6.18 Å². The zero-order valence-corrected chi connectivity index (χ0v) is 23.9. The maximum absolute atomic E-state index is 13.1.